The van der Waals surface area contributed by atoms with Crippen LogP contribution in [0.15, 0.2) is 18.2 Å². The Labute approximate surface area is 113 Å². The summed E-state index contributed by atoms with van der Waals surface area (Å²) in [6, 6.07) is 1.68. The van der Waals surface area contributed by atoms with Crippen LogP contribution in [0.1, 0.15) is 28.8 Å². The maximum absolute atomic E-state index is 13.3. The molecule has 1 amide bonds. The van der Waals surface area contributed by atoms with Crippen molar-refractivity contribution < 1.29 is 22.4 Å². The maximum atomic E-state index is 13.3. The fourth-order valence-corrected chi connectivity index (χ4v) is 2.39. The lowest BCUT2D eigenvalue weighted by atomic mass is 10.1. The highest BCUT2D eigenvalue weighted by Crippen LogP contribution is 2.31. The molecule has 3 nitrogen and oxygen atoms in total. The second kappa shape index (κ2) is 5.40. The second-order valence-corrected chi connectivity index (χ2v) is 4.76. The van der Waals surface area contributed by atoms with Crippen LogP contribution >= 0.6 is 0 Å². The number of benzene rings is 1. The van der Waals surface area contributed by atoms with Gasteiger partial charge < -0.3 is 10.6 Å². The summed E-state index contributed by atoms with van der Waals surface area (Å²) in [6.07, 6.45) is -3.23. The van der Waals surface area contributed by atoms with Gasteiger partial charge in [-0.05, 0) is 31.0 Å². The zero-order valence-electron chi connectivity index (χ0n) is 10.6. The third-order valence-electron chi connectivity index (χ3n) is 3.38. The molecule has 2 rings (SSSR count). The smallest absolute Gasteiger partial charge is 0.334 e. The van der Waals surface area contributed by atoms with Gasteiger partial charge in [0.05, 0.1) is 5.56 Å². The SMILES string of the molecule is NC[C@@H]1CCCN1C(=O)c1cc(F)cc(C(F)(F)F)c1. The van der Waals surface area contributed by atoms with Crippen LogP contribution in [-0.2, 0) is 6.18 Å². The Balaban J connectivity index is 2.33. The fraction of sp³-hybridized carbons (Fsp3) is 0.462. The van der Waals surface area contributed by atoms with E-state index in [-0.39, 0.29) is 18.2 Å². The molecular weight excluding hydrogens is 276 g/mol. The van der Waals surface area contributed by atoms with Gasteiger partial charge in [-0.2, -0.15) is 13.2 Å². The summed E-state index contributed by atoms with van der Waals surface area (Å²) in [5.41, 5.74) is 4.06. The molecular formula is C13H14F4N2O. The van der Waals surface area contributed by atoms with Crippen molar-refractivity contribution in [2.75, 3.05) is 13.1 Å². The molecule has 0 aliphatic carbocycles. The number of rotatable bonds is 2. The minimum Gasteiger partial charge on any atom is -0.334 e. The van der Waals surface area contributed by atoms with Crippen molar-refractivity contribution in [2.45, 2.75) is 25.1 Å². The molecule has 1 aromatic carbocycles. The Morgan fingerprint density at radius 2 is 2.05 bits per heavy atom. The van der Waals surface area contributed by atoms with Gasteiger partial charge in [0.15, 0.2) is 0 Å². The number of halogens is 4. The van der Waals surface area contributed by atoms with Crippen LogP contribution in [0.4, 0.5) is 17.6 Å². The average molecular weight is 290 g/mol. The number of amides is 1. The second-order valence-electron chi connectivity index (χ2n) is 4.76. The number of hydrogen-bond acceptors (Lipinski definition) is 2. The van der Waals surface area contributed by atoms with Crippen LogP contribution in [0, 0.1) is 5.82 Å². The van der Waals surface area contributed by atoms with Crippen molar-refractivity contribution in [1.82, 2.24) is 4.90 Å². The standard InChI is InChI=1S/C13H14F4N2O/c14-10-5-8(4-9(6-10)13(15,16)17)12(20)19-3-1-2-11(19)7-18/h4-6,11H,1-3,7,18H2/t11-/m0/s1. The Morgan fingerprint density at radius 1 is 1.35 bits per heavy atom. The summed E-state index contributed by atoms with van der Waals surface area (Å²) in [7, 11) is 0. The molecule has 1 aliphatic rings. The molecule has 110 valence electrons. The predicted molar refractivity (Wildman–Crippen MR) is 64.5 cm³/mol. The Hall–Kier alpha value is -1.63. The van der Waals surface area contributed by atoms with Crippen molar-refractivity contribution in [2.24, 2.45) is 5.73 Å². The summed E-state index contributed by atoms with van der Waals surface area (Å²) in [5, 5.41) is 0. The van der Waals surface area contributed by atoms with Crippen molar-refractivity contribution in [3.8, 4) is 0 Å². The van der Waals surface area contributed by atoms with E-state index in [4.69, 9.17) is 5.73 Å². The van der Waals surface area contributed by atoms with Crippen LogP contribution in [-0.4, -0.2) is 29.9 Å². The van der Waals surface area contributed by atoms with Gasteiger partial charge in [0.1, 0.15) is 5.82 Å². The quantitative estimate of drug-likeness (QED) is 0.850. The van der Waals surface area contributed by atoms with E-state index in [1.54, 1.807) is 0 Å². The molecule has 0 radical (unpaired) electrons. The van der Waals surface area contributed by atoms with E-state index < -0.39 is 23.5 Å². The number of carbonyl (C=O) groups excluding carboxylic acids is 1. The number of hydrogen-bond donors (Lipinski definition) is 1. The zero-order valence-corrected chi connectivity index (χ0v) is 10.6. The Bertz CT molecular complexity index is 516. The summed E-state index contributed by atoms with van der Waals surface area (Å²) in [5.74, 6) is -1.69. The molecule has 1 atom stereocenters. The summed E-state index contributed by atoms with van der Waals surface area (Å²) in [4.78, 5) is 13.6. The molecule has 1 saturated heterocycles. The number of carbonyl (C=O) groups is 1. The zero-order chi connectivity index (χ0) is 14.9. The van der Waals surface area contributed by atoms with Gasteiger partial charge in [0, 0.05) is 24.7 Å². The minimum absolute atomic E-state index is 0.194. The third kappa shape index (κ3) is 2.92. The first kappa shape index (κ1) is 14.8. The molecule has 0 spiro atoms. The highest BCUT2D eigenvalue weighted by atomic mass is 19.4. The van der Waals surface area contributed by atoms with E-state index in [2.05, 4.69) is 0 Å². The Morgan fingerprint density at radius 3 is 2.65 bits per heavy atom. The van der Waals surface area contributed by atoms with Gasteiger partial charge in [0.2, 0.25) is 0 Å². The maximum Gasteiger partial charge on any atom is 0.416 e. The summed E-state index contributed by atoms with van der Waals surface area (Å²) >= 11 is 0. The first-order valence-electron chi connectivity index (χ1n) is 6.21. The van der Waals surface area contributed by atoms with Gasteiger partial charge in [-0.25, -0.2) is 4.39 Å². The molecule has 0 unspecified atom stereocenters. The first-order valence-corrected chi connectivity index (χ1v) is 6.21. The molecule has 1 aromatic rings. The molecule has 1 aliphatic heterocycles. The van der Waals surface area contributed by atoms with Gasteiger partial charge >= 0.3 is 6.18 Å². The predicted octanol–water partition coefficient (Wildman–Crippen LogP) is 2.41. The van der Waals surface area contributed by atoms with Crippen molar-refractivity contribution >= 4 is 5.91 Å². The minimum atomic E-state index is -4.69. The lowest BCUT2D eigenvalue weighted by Crippen LogP contribution is -2.40. The van der Waals surface area contributed by atoms with E-state index in [0.717, 1.165) is 12.5 Å². The van der Waals surface area contributed by atoms with E-state index in [9.17, 15) is 22.4 Å². The van der Waals surface area contributed by atoms with Crippen LogP contribution in [0.3, 0.4) is 0 Å². The van der Waals surface area contributed by atoms with Crippen LogP contribution < -0.4 is 5.73 Å². The Kier molecular flexibility index (Phi) is 3.99. The molecule has 20 heavy (non-hydrogen) atoms. The molecule has 1 heterocycles. The topological polar surface area (TPSA) is 46.3 Å². The van der Waals surface area contributed by atoms with E-state index in [1.165, 1.54) is 4.90 Å². The molecule has 2 N–H and O–H groups in total. The van der Waals surface area contributed by atoms with Gasteiger partial charge in [-0.3, -0.25) is 4.79 Å². The van der Waals surface area contributed by atoms with E-state index >= 15 is 0 Å². The number of alkyl halides is 3. The summed E-state index contributed by atoms with van der Waals surface area (Å²) < 4.78 is 51.1. The molecule has 0 saturated carbocycles. The normalized spacial score (nSPS) is 19.4. The largest absolute Gasteiger partial charge is 0.416 e. The fourth-order valence-electron chi connectivity index (χ4n) is 2.39. The number of nitrogens with two attached hydrogens (primary N) is 1. The van der Waals surface area contributed by atoms with Gasteiger partial charge in [-0.1, -0.05) is 0 Å². The number of nitrogens with zero attached hydrogens (tertiary/aromatic N) is 1. The van der Waals surface area contributed by atoms with Gasteiger partial charge in [-0.15, -0.1) is 0 Å². The van der Waals surface area contributed by atoms with Crippen LogP contribution in [0.2, 0.25) is 0 Å². The van der Waals surface area contributed by atoms with E-state index in [0.29, 0.717) is 25.1 Å². The highest BCUT2D eigenvalue weighted by molar-refractivity contribution is 5.94. The lowest BCUT2D eigenvalue weighted by Gasteiger charge is -2.23. The van der Waals surface area contributed by atoms with Crippen molar-refractivity contribution in [1.29, 1.82) is 0 Å². The third-order valence-corrected chi connectivity index (χ3v) is 3.38. The van der Waals surface area contributed by atoms with E-state index in [1.807, 2.05) is 0 Å². The average Bonchev–Trinajstić information content (AvgIpc) is 2.84. The highest BCUT2D eigenvalue weighted by Gasteiger charge is 2.34. The molecule has 0 aromatic heterocycles. The first-order chi connectivity index (χ1) is 9.32. The van der Waals surface area contributed by atoms with Crippen molar-refractivity contribution in [3.05, 3.63) is 35.1 Å². The van der Waals surface area contributed by atoms with Crippen molar-refractivity contribution in [3.63, 3.8) is 0 Å². The molecule has 0 bridgehead atoms. The van der Waals surface area contributed by atoms with Crippen LogP contribution in [0.5, 0.6) is 0 Å². The molecule has 7 heteroatoms. The monoisotopic (exact) mass is 290 g/mol. The van der Waals surface area contributed by atoms with Crippen LogP contribution in [0.25, 0.3) is 0 Å². The lowest BCUT2D eigenvalue weighted by molar-refractivity contribution is -0.137. The number of likely N-dealkylation sites (tertiary alicyclic amines) is 1. The summed E-state index contributed by atoms with van der Waals surface area (Å²) in [6.45, 7) is 0.672. The van der Waals surface area contributed by atoms with Gasteiger partial charge in [0.25, 0.3) is 5.91 Å². The molecule has 1 fully saturated rings.